The number of ether oxygens (including phenoxy) is 1. The maximum Gasteiger partial charge on any atom is 0.168 e. The minimum absolute atomic E-state index is 0.0811. The molecule has 8 heteroatoms. The molecule has 1 aromatic carbocycles. The Morgan fingerprint density at radius 3 is 2.78 bits per heavy atom. The first-order valence-electron chi connectivity index (χ1n) is 10.7. The number of hydrogen-bond donors (Lipinski definition) is 2. The molecule has 2 N–H and O–H groups in total. The van der Waals surface area contributed by atoms with E-state index in [2.05, 4.69) is 25.2 Å². The van der Waals surface area contributed by atoms with Crippen LogP contribution in [0.3, 0.4) is 0 Å². The number of morpholine rings is 1. The molecular formula is C24H27N5O3. The molecule has 1 aliphatic rings. The number of aromatic hydroxyl groups is 1. The summed E-state index contributed by atoms with van der Waals surface area (Å²) in [5.41, 5.74) is 2.69. The Morgan fingerprint density at radius 1 is 1.19 bits per heavy atom. The van der Waals surface area contributed by atoms with Crippen molar-refractivity contribution >= 4 is 11.6 Å². The molecule has 0 saturated carbocycles. The predicted molar refractivity (Wildman–Crippen MR) is 122 cm³/mol. The first-order valence-corrected chi connectivity index (χ1v) is 10.7. The summed E-state index contributed by atoms with van der Waals surface area (Å²) < 4.78 is 5.40. The summed E-state index contributed by atoms with van der Waals surface area (Å²) in [6.45, 7) is 6.83. The number of aryl methyl sites for hydroxylation is 1. The molecule has 166 valence electrons. The fourth-order valence-electron chi connectivity index (χ4n) is 3.66. The van der Waals surface area contributed by atoms with Gasteiger partial charge in [-0.05, 0) is 42.8 Å². The molecule has 4 rings (SSSR count). The van der Waals surface area contributed by atoms with Crippen LogP contribution in [-0.2, 0) is 11.2 Å². The Hall–Kier alpha value is -3.36. The van der Waals surface area contributed by atoms with Crippen molar-refractivity contribution in [3.05, 3.63) is 65.6 Å². The van der Waals surface area contributed by atoms with E-state index in [1.165, 1.54) is 6.07 Å². The van der Waals surface area contributed by atoms with Crippen LogP contribution in [0, 0.1) is 6.92 Å². The molecule has 2 aromatic heterocycles. The third-order valence-electron chi connectivity index (χ3n) is 5.26. The number of carbonyl (C=O) groups is 1. The van der Waals surface area contributed by atoms with Crippen LogP contribution in [0.2, 0.25) is 0 Å². The Morgan fingerprint density at radius 2 is 2.03 bits per heavy atom. The van der Waals surface area contributed by atoms with Crippen molar-refractivity contribution in [3.63, 3.8) is 0 Å². The summed E-state index contributed by atoms with van der Waals surface area (Å²) in [7, 11) is 0. The molecule has 0 aliphatic carbocycles. The SMILES string of the molecule is Cc1cc(O)cc(C(=O)Cc2cc(NCCN3CCOCC3)nc(-c3cccnc3)n2)c1. The smallest absolute Gasteiger partial charge is 0.168 e. The van der Waals surface area contributed by atoms with Gasteiger partial charge in [-0.2, -0.15) is 0 Å². The number of pyridine rings is 1. The van der Waals surface area contributed by atoms with Gasteiger partial charge in [0, 0.05) is 55.8 Å². The highest BCUT2D eigenvalue weighted by atomic mass is 16.5. The number of nitrogens with zero attached hydrogens (tertiary/aromatic N) is 4. The number of rotatable bonds is 8. The van der Waals surface area contributed by atoms with E-state index in [0.29, 0.717) is 22.9 Å². The summed E-state index contributed by atoms with van der Waals surface area (Å²) in [6.07, 6.45) is 3.51. The second-order valence-corrected chi connectivity index (χ2v) is 7.85. The maximum absolute atomic E-state index is 12.9. The highest BCUT2D eigenvalue weighted by Crippen LogP contribution is 2.20. The fourth-order valence-corrected chi connectivity index (χ4v) is 3.66. The van der Waals surface area contributed by atoms with Gasteiger partial charge in [-0.1, -0.05) is 0 Å². The minimum Gasteiger partial charge on any atom is -0.508 e. The van der Waals surface area contributed by atoms with Gasteiger partial charge in [-0.3, -0.25) is 14.7 Å². The van der Waals surface area contributed by atoms with Crippen molar-refractivity contribution in [3.8, 4) is 17.1 Å². The molecule has 3 aromatic rings. The quantitative estimate of drug-likeness (QED) is 0.523. The number of ketones is 1. The molecule has 1 fully saturated rings. The lowest BCUT2D eigenvalue weighted by Crippen LogP contribution is -2.39. The number of benzene rings is 1. The van der Waals surface area contributed by atoms with E-state index in [4.69, 9.17) is 4.74 Å². The van der Waals surface area contributed by atoms with Crippen molar-refractivity contribution in [2.24, 2.45) is 0 Å². The standard InChI is InChI=1S/C24H27N5O3/c1-17-11-19(13-21(30)12-17)22(31)14-20-15-23(26-5-6-29-7-9-32-10-8-29)28-24(27-20)18-3-2-4-25-16-18/h2-4,11-13,15-16,30H,5-10,14H2,1H3,(H,26,27,28). The normalized spacial score (nSPS) is 14.3. The van der Waals surface area contributed by atoms with Crippen molar-refractivity contribution in [2.45, 2.75) is 13.3 Å². The number of aromatic nitrogens is 3. The molecule has 0 spiro atoms. The van der Waals surface area contributed by atoms with Gasteiger partial charge in [0.2, 0.25) is 0 Å². The van der Waals surface area contributed by atoms with Crippen LogP contribution in [0.1, 0.15) is 21.6 Å². The molecular weight excluding hydrogens is 406 g/mol. The van der Waals surface area contributed by atoms with E-state index in [9.17, 15) is 9.90 Å². The van der Waals surface area contributed by atoms with Crippen molar-refractivity contribution in [2.75, 3.05) is 44.7 Å². The van der Waals surface area contributed by atoms with Crippen LogP contribution in [0.15, 0.2) is 48.8 Å². The lowest BCUT2D eigenvalue weighted by atomic mass is 10.0. The molecule has 0 radical (unpaired) electrons. The van der Waals surface area contributed by atoms with E-state index in [1.807, 2.05) is 25.1 Å². The van der Waals surface area contributed by atoms with Gasteiger partial charge in [0.15, 0.2) is 11.6 Å². The summed E-state index contributed by atoms with van der Waals surface area (Å²) in [5.74, 6) is 1.16. The monoisotopic (exact) mass is 433 g/mol. The zero-order valence-electron chi connectivity index (χ0n) is 18.1. The highest BCUT2D eigenvalue weighted by molar-refractivity contribution is 5.98. The molecule has 32 heavy (non-hydrogen) atoms. The molecule has 1 aliphatic heterocycles. The minimum atomic E-state index is -0.112. The van der Waals surface area contributed by atoms with Crippen LogP contribution in [0.25, 0.3) is 11.4 Å². The molecule has 8 nitrogen and oxygen atoms in total. The number of carbonyl (C=O) groups excluding carboxylic acids is 1. The average molecular weight is 434 g/mol. The fraction of sp³-hybridized carbons (Fsp3) is 0.333. The van der Waals surface area contributed by atoms with Crippen LogP contribution in [-0.4, -0.2) is 70.1 Å². The average Bonchev–Trinajstić information content (AvgIpc) is 2.79. The van der Waals surface area contributed by atoms with Gasteiger partial charge < -0.3 is 15.2 Å². The van der Waals surface area contributed by atoms with Crippen LogP contribution < -0.4 is 5.32 Å². The Kier molecular flexibility index (Phi) is 7.03. The Bertz CT molecular complexity index is 1050. The van der Waals surface area contributed by atoms with Crippen molar-refractivity contribution < 1.29 is 14.6 Å². The van der Waals surface area contributed by atoms with E-state index >= 15 is 0 Å². The first kappa shape index (κ1) is 21.9. The second kappa shape index (κ2) is 10.3. The molecule has 1 saturated heterocycles. The van der Waals surface area contributed by atoms with Gasteiger partial charge in [0.05, 0.1) is 25.3 Å². The van der Waals surface area contributed by atoms with Crippen LogP contribution >= 0.6 is 0 Å². The van der Waals surface area contributed by atoms with E-state index < -0.39 is 0 Å². The van der Waals surface area contributed by atoms with E-state index in [0.717, 1.165) is 50.5 Å². The molecule has 0 amide bonds. The van der Waals surface area contributed by atoms with Gasteiger partial charge in [-0.15, -0.1) is 0 Å². The zero-order valence-corrected chi connectivity index (χ0v) is 18.1. The third kappa shape index (κ3) is 5.87. The zero-order chi connectivity index (χ0) is 22.3. The molecule has 3 heterocycles. The van der Waals surface area contributed by atoms with E-state index in [1.54, 1.807) is 24.5 Å². The van der Waals surface area contributed by atoms with Crippen LogP contribution in [0.5, 0.6) is 5.75 Å². The van der Waals surface area contributed by atoms with Crippen LogP contribution in [0.4, 0.5) is 5.82 Å². The molecule has 0 unspecified atom stereocenters. The van der Waals surface area contributed by atoms with Crippen molar-refractivity contribution in [1.29, 1.82) is 0 Å². The molecule has 0 atom stereocenters. The van der Waals surface area contributed by atoms with Gasteiger partial charge in [0.25, 0.3) is 0 Å². The number of hydrogen-bond acceptors (Lipinski definition) is 8. The largest absolute Gasteiger partial charge is 0.508 e. The lowest BCUT2D eigenvalue weighted by molar-refractivity contribution is 0.0398. The number of phenols is 1. The van der Waals surface area contributed by atoms with Crippen molar-refractivity contribution in [1.82, 2.24) is 19.9 Å². The summed E-state index contributed by atoms with van der Waals surface area (Å²) in [6, 6.07) is 10.4. The maximum atomic E-state index is 12.9. The summed E-state index contributed by atoms with van der Waals surface area (Å²) >= 11 is 0. The third-order valence-corrected chi connectivity index (χ3v) is 5.26. The summed E-state index contributed by atoms with van der Waals surface area (Å²) in [5, 5.41) is 13.2. The number of nitrogens with one attached hydrogen (secondary N) is 1. The van der Waals surface area contributed by atoms with Gasteiger partial charge in [0.1, 0.15) is 11.6 Å². The number of phenolic OH excluding ortho intramolecular Hbond substituents is 1. The predicted octanol–water partition coefficient (Wildman–Crippen LogP) is 2.72. The Balaban J connectivity index is 1.53. The number of anilines is 1. The first-order chi connectivity index (χ1) is 15.6. The lowest BCUT2D eigenvalue weighted by Gasteiger charge is -2.26. The summed E-state index contributed by atoms with van der Waals surface area (Å²) in [4.78, 5) is 28.6. The number of Topliss-reactive ketones (excluding diaryl/α,β-unsaturated/α-hetero) is 1. The van der Waals surface area contributed by atoms with E-state index in [-0.39, 0.29) is 18.0 Å². The topological polar surface area (TPSA) is 100 Å². The highest BCUT2D eigenvalue weighted by Gasteiger charge is 2.14. The molecule has 0 bridgehead atoms. The Labute approximate surface area is 187 Å². The van der Waals surface area contributed by atoms with Gasteiger partial charge >= 0.3 is 0 Å². The second-order valence-electron chi connectivity index (χ2n) is 7.85. The van der Waals surface area contributed by atoms with Gasteiger partial charge in [-0.25, -0.2) is 9.97 Å².